The molecule has 1 aliphatic heterocycles. The zero-order valence-electron chi connectivity index (χ0n) is 7.66. The van der Waals surface area contributed by atoms with Crippen LogP contribution in [0.15, 0.2) is 0 Å². The number of carboxylic acid groups (broad SMARTS) is 1. The molecule has 0 unspecified atom stereocenters. The van der Waals surface area contributed by atoms with Crippen molar-refractivity contribution in [1.29, 1.82) is 0 Å². The third-order valence-corrected chi connectivity index (χ3v) is 2.24. The van der Waals surface area contributed by atoms with Gasteiger partial charge in [-0.3, -0.25) is 9.59 Å². The first-order valence-electron chi connectivity index (χ1n) is 4.70. The minimum absolute atomic E-state index is 0.210. The molecule has 1 aliphatic rings. The van der Waals surface area contributed by atoms with Gasteiger partial charge in [-0.05, 0) is 19.3 Å². The summed E-state index contributed by atoms with van der Waals surface area (Å²) in [6.07, 6.45) is 3.30. The minimum atomic E-state index is -0.757. The maximum absolute atomic E-state index is 11.1. The van der Waals surface area contributed by atoms with E-state index in [0.717, 1.165) is 25.9 Å². The Morgan fingerprint density at radius 2 is 2.23 bits per heavy atom. The van der Waals surface area contributed by atoms with E-state index in [0.29, 0.717) is 12.8 Å². The van der Waals surface area contributed by atoms with Gasteiger partial charge < -0.3 is 10.0 Å². The van der Waals surface area contributed by atoms with Crippen molar-refractivity contribution in [3.05, 3.63) is 0 Å². The number of nitrogens with zero attached hydrogens (tertiary/aromatic N) is 1. The molecule has 0 spiro atoms. The first-order valence-corrected chi connectivity index (χ1v) is 4.70. The van der Waals surface area contributed by atoms with Crippen molar-refractivity contribution >= 4 is 11.9 Å². The van der Waals surface area contributed by atoms with Crippen LogP contribution in [0.25, 0.3) is 0 Å². The maximum atomic E-state index is 11.1. The van der Waals surface area contributed by atoms with Gasteiger partial charge in [-0.2, -0.15) is 0 Å². The number of hydrogen-bond acceptors (Lipinski definition) is 2. The molecule has 0 saturated carbocycles. The highest BCUT2D eigenvalue weighted by Crippen LogP contribution is 2.10. The van der Waals surface area contributed by atoms with E-state index < -0.39 is 5.97 Å². The van der Waals surface area contributed by atoms with Crippen molar-refractivity contribution in [2.75, 3.05) is 13.1 Å². The average Bonchev–Trinajstić information content (AvgIpc) is 2.45. The second-order valence-electron chi connectivity index (χ2n) is 3.34. The largest absolute Gasteiger partial charge is 0.481 e. The molecule has 0 aromatic rings. The van der Waals surface area contributed by atoms with Gasteiger partial charge >= 0.3 is 5.97 Å². The number of carbonyl (C=O) groups excluding carboxylic acids is 1. The predicted molar refractivity (Wildman–Crippen MR) is 47.3 cm³/mol. The average molecular weight is 185 g/mol. The molecule has 13 heavy (non-hydrogen) atoms. The molecule has 1 fully saturated rings. The topological polar surface area (TPSA) is 57.6 Å². The van der Waals surface area contributed by atoms with Crippen molar-refractivity contribution in [2.45, 2.75) is 32.1 Å². The van der Waals surface area contributed by atoms with Crippen molar-refractivity contribution < 1.29 is 14.7 Å². The predicted octanol–water partition coefficient (Wildman–Crippen LogP) is 0.864. The Morgan fingerprint density at radius 3 is 2.77 bits per heavy atom. The SMILES string of the molecule is O=C(O)CCCCN1CCCC1=O. The van der Waals surface area contributed by atoms with Crippen LogP contribution in [0.3, 0.4) is 0 Å². The number of rotatable bonds is 5. The monoisotopic (exact) mass is 185 g/mol. The van der Waals surface area contributed by atoms with E-state index in [2.05, 4.69) is 0 Å². The van der Waals surface area contributed by atoms with Gasteiger partial charge in [-0.1, -0.05) is 0 Å². The summed E-state index contributed by atoms with van der Waals surface area (Å²) >= 11 is 0. The smallest absolute Gasteiger partial charge is 0.303 e. The molecule has 0 bridgehead atoms. The molecule has 0 atom stereocenters. The van der Waals surface area contributed by atoms with Crippen LogP contribution in [0.1, 0.15) is 32.1 Å². The Balaban J connectivity index is 2.05. The summed E-state index contributed by atoms with van der Waals surface area (Å²) in [5.74, 6) is -0.539. The van der Waals surface area contributed by atoms with Crippen LogP contribution in [0.2, 0.25) is 0 Å². The van der Waals surface area contributed by atoms with Crippen molar-refractivity contribution in [1.82, 2.24) is 4.90 Å². The van der Waals surface area contributed by atoms with Gasteiger partial charge in [0.2, 0.25) is 5.91 Å². The summed E-state index contributed by atoms with van der Waals surface area (Å²) < 4.78 is 0. The summed E-state index contributed by atoms with van der Waals surface area (Å²) in [5, 5.41) is 8.38. The molecule has 0 aromatic carbocycles. The molecule has 0 aliphatic carbocycles. The molecule has 4 heteroatoms. The van der Waals surface area contributed by atoms with Gasteiger partial charge in [0, 0.05) is 25.9 Å². The molecular formula is C9H15NO3. The van der Waals surface area contributed by atoms with Gasteiger partial charge in [0.15, 0.2) is 0 Å². The fraction of sp³-hybridized carbons (Fsp3) is 0.778. The summed E-state index contributed by atoms with van der Waals surface area (Å²) in [6, 6.07) is 0. The lowest BCUT2D eigenvalue weighted by Gasteiger charge is -2.14. The molecule has 1 rings (SSSR count). The number of carbonyl (C=O) groups is 2. The number of amides is 1. The highest BCUT2D eigenvalue weighted by Gasteiger charge is 2.18. The molecule has 0 radical (unpaired) electrons. The van der Waals surface area contributed by atoms with E-state index in [1.807, 2.05) is 4.90 Å². The molecule has 74 valence electrons. The van der Waals surface area contributed by atoms with Crippen LogP contribution in [0, 0.1) is 0 Å². The van der Waals surface area contributed by atoms with Gasteiger partial charge in [0.25, 0.3) is 0 Å². The van der Waals surface area contributed by atoms with E-state index >= 15 is 0 Å². The molecule has 1 saturated heterocycles. The first kappa shape index (κ1) is 10.0. The Labute approximate surface area is 77.5 Å². The second kappa shape index (κ2) is 4.84. The van der Waals surface area contributed by atoms with Crippen molar-refractivity contribution in [2.24, 2.45) is 0 Å². The van der Waals surface area contributed by atoms with Crippen molar-refractivity contribution in [3.8, 4) is 0 Å². The van der Waals surface area contributed by atoms with Crippen LogP contribution < -0.4 is 0 Å². The van der Waals surface area contributed by atoms with Gasteiger partial charge in [0.1, 0.15) is 0 Å². The zero-order chi connectivity index (χ0) is 9.68. The van der Waals surface area contributed by atoms with E-state index in [9.17, 15) is 9.59 Å². The van der Waals surface area contributed by atoms with Crippen molar-refractivity contribution in [3.63, 3.8) is 0 Å². The summed E-state index contributed by atoms with van der Waals surface area (Å²) in [4.78, 5) is 23.1. The lowest BCUT2D eigenvalue weighted by Crippen LogP contribution is -2.25. The van der Waals surface area contributed by atoms with Crippen LogP contribution in [-0.2, 0) is 9.59 Å². The standard InChI is InChI=1S/C9H15NO3/c11-8-4-3-7-10(8)6-2-1-5-9(12)13/h1-7H2,(H,12,13). The van der Waals surface area contributed by atoms with Crippen LogP contribution in [0.4, 0.5) is 0 Å². The Hall–Kier alpha value is -1.06. The van der Waals surface area contributed by atoms with Crippen LogP contribution in [-0.4, -0.2) is 35.0 Å². The molecule has 1 heterocycles. The highest BCUT2D eigenvalue weighted by molar-refractivity contribution is 5.78. The van der Waals surface area contributed by atoms with E-state index in [-0.39, 0.29) is 12.3 Å². The normalized spacial score (nSPS) is 16.6. The molecule has 4 nitrogen and oxygen atoms in total. The lowest BCUT2D eigenvalue weighted by molar-refractivity contribution is -0.137. The minimum Gasteiger partial charge on any atom is -0.481 e. The first-order chi connectivity index (χ1) is 6.20. The Morgan fingerprint density at radius 1 is 1.46 bits per heavy atom. The van der Waals surface area contributed by atoms with Gasteiger partial charge in [-0.15, -0.1) is 0 Å². The zero-order valence-corrected chi connectivity index (χ0v) is 7.66. The van der Waals surface area contributed by atoms with Gasteiger partial charge in [0.05, 0.1) is 0 Å². The van der Waals surface area contributed by atoms with E-state index in [4.69, 9.17) is 5.11 Å². The Kier molecular flexibility index (Phi) is 3.73. The van der Waals surface area contributed by atoms with Gasteiger partial charge in [-0.25, -0.2) is 0 Å². The maximum Gasteiger partial charge on any atom is 0.303 e. The fourth-order valence-corrected chi connectivity index (χ4v) is 1.52. The number of carboxylic acids is 1. The fourth-order valence-electron chi connectivity index (χ4n) is 1.52. The molecular weight excluding hydrogens is 170 g/mol. The van der Waals surface area contributed by atoms with E-state index in [1.54, 1.807) is 0 Å². The van der Waals surface area contributed by atoms with Crippen LogP contribution >= 0.6 is 0 Å². The highest BCUT2D eigenvalue weighted by atomic mass is 16.4. The third-order valence-electron chi connectivity index (χ3n) is 2.24. The number of aliphatic carboxylic acids is 1. The second-order valence-corrected chi connectivity index (χ2v) is 3.34. The Bertz CT molecular complexity index is 203. The quantitative estimate of drug-likeness (QED) is 0.646. The molecule has 1 N–H and O–H groups in total. The lowest BCUT2D eigenvalue weighted by atomic mass is 10.2. The summed E-state index contributed by atoms with van der Waals surface area (Å²) in [7, 11) is 0. The summed E-state index contributed by atoms with van der Waals surface area (Å²) in [6.45, 7) is 1.58. The van der Waals surface area contributed by atoms with Crippen LogP contribution in [0.5, 0.6) is 0 Å². The van der Waals surface area contributed by atoms with E-state index in [1.165, 1.54) is 0 Å². The summed E-state index contributed by atoms with van der Waals surface area (Å²) in [5.41, 5.74) is 0. The number of hydrogen-bond donors (Lipinski definition) is 1. The molecule has 0 aromatic heterocycles. The number of unbranched alkanes of at least 4 members (excludes halogenated alkanes) is 1. The molecule has 1 amide bonds. The third kappa shape index (κ3) is 3.44. The number of likely N-dealkylation sites (tertiary alicyclic amines) is 1.